The van der Waals surface area contributed by atoms with E-state index in [1.165, 1.54) is 46.2 Å². The van der Waals surface area contributed by atoms with Crippen LogP contribution in [0.1, 0.15) is 5.56 Å². The third-order valence-corrected chi connectivity index (χ3v) is 5.79. The summed E-state index contributed by atoms with van der Waals surface area (Å²) in [5.74, 6) is -0.358. The number of para-hydroxylation sites is 2. The first-order chi connectivity index (χ1) is 12.8. The largest absolute Gasteiger partial charge is 0.573 e. The van der Waals surface area contributed by atoms with Crippen LogP contribution in [0.15, 0.2) is 52.9 Å². The fraction of sp³-hybridized carbons (Fsp3) is 0.222. The van der Waals surface area contributed by atoms with E-state index >= 15 is 0 Å². The molecule has 0 saturated carbocycles. The second-order valence-corrected chi connectivity index (χ2v) is 7.89. The van der Waals surface area contributed by atoms with Crippen molar-refractivity contribution in [3.63, 3.8) is 0 Å². The van der Waals surface area contributed by atoms with Gasteiger partial charge in [0.2, 0.25) is 5.91 Å². The first kappa shape index (κ1) is 19.5. The average molecular weight is 412 g/mol. The van der Waals surface area contributed by atoms with Gasteiger partial charge in [-0.2, -0.15) is 0 Å². The number of halogens is 3. The zero-order valence-electron chi connectivity index (χ0n) is 14.2. The molecule has 9 heteroatoms. The van der Waals surface area contributed by atoms with Crippen molar-refractivity contribution in [1.82, 2.24) is 9.88 Å². The number of alkyl halides is 3. The van der Waals surface area contributed by atoms with Crippen molar-refractivity contribution in [2.45, 2.75) is 17.2 Å². The Kier molecular flexibility index (Phi) is 5.91. The molecule has 0 aliphatic heterocycles. The highest BCUT2D eigenvalue weighted by Crippen LogP contribution is 2.30. The van der Waals surface area contributed by atoms with E-state index in [4.69, 9.17) is 0 Å². The molecule has 4 nitrogen and oxygen atoms in total. The van der Waals surface area contributed by atoms with Crippen LogP contribution in [-0.4, -0.2) is 35.0 Å². The summed E-state index contributed by atoms with van der Waals surface area (Å²) >= 11 is 2.81. The van der Waals surface area contributed by atoms with E-state index in [0.29, 0.717) is 0 Å². The Bertz CT molecular complexity index is 911. The van der Waals surface area contributed by atoms with E-state index < -0.39 is 6.36 Å². The predicted molar refractivity (Wildman–Crippen MR) is 99.9 cm³/mol. The summed E-state index contributed by atoms with van der Waals surface area (Å²) in [5, 5.41) is 0. The van der Waals surface area contributed by atoms with Gasteiger partial charge in [0.25, 0.3) is 0 Å². The van der Waals surface area contributed by atoms with Crippen molar-refractivity contribution < 1.29 is 22.7 Å². The number of nitrogens with zero attached hydrogens (tertiary/aromatic N) is 2. The summed E-state index contributed by atoms with van der Waals surface area (Å²) in [6.45, 7) is 0.0193. The molecule has 27 heavy (non-hydrogen) atoms. The zero-order valence-corrected chi connectivity index (χ0v) is 15.8. The number of thiazole rings is 1. The monoisotopic (exact) mass is 412 g/mol. The van der Waals surface area contributed by atoms with Gasteiger partial charge in [-0.3, -0.25) is 4.79 Å². The number of amides is 1. The van der Waals surface area contributed by atoms with Gasteiger partial charge < -0.3 is 9.64 Å². The van der Waals surface area contributed by atoms with Crippen LogP contribution >= 0.6 is 23.1 Å². The molecule has 0 N–H and O–H groups in total. The van der Waals surface area contributed by atoms with Crippen molar-refractivity contribution in [2.75, 3.05) is 12.8 Å². The number of benzene rings is 2. The number of rotatable bonds is 6. The SMILES string of the molecule is CN(Cc1ccccc1OC(F)(F)F)C(=O)CSc1nc2ccccc2s1. The predicted octanol–water partition coefficient (Wildman–Crippen LogP) is 4.95. The Balaban J connectivity index is 1.61. The van der Waals surface area contributed by atoms with Crippen LogP contribution in [-0.2, 0) is 11.3 Å². The van der Waals surface area contributed by atoms with Crippen molar-refractivity contribution >= 4 is 39.2 Å². The zero-order chi connectivity index (χ0) is 19.4. The molecular weight excluding hydrogens is 397 g/mol. The lowest BCUT2D eigenvalue weighted by atomic mass is 10.2. The van der Waals surface area contributed by atoms with Gasteiger partial charge in [0, 0.05) is 19.2 Å². The Labute approximate surface area is 162 Å². The fourth-order valence-electron chi connectivity index (χ4n) is 2.35. The number of fused-ring (bicyclic) bond motifs is 1. The quantitative estimate of drug-likeness (QED) is 0.538. The van der Waals surface area contributed by atoms with Crippen LogP contribution in [0.25, 0.3) is 10.2 Å². The molecule has 0 spiro atoms. The molecule has 0 radical (unpaired) electrons. The van der Waals surface area contributed by atoms with Gasteiger partial charge in [-0.15, -0.1) is 24.5 Å². The molecule has 0 bridgehead atoms. The average Bonchev–Trinajstić information content (AvgIpc) is 3.03. The lowest BCUT2D eigenvalue weighted by molar-refractivity contribution is -0.275. The topological polar surface area (TPSA) is 42.4 Å². The molecule has 1 amide bonds. The second kappa shape index (κ2) is 8.18. The van der Waals surface area contributed by atoms with Crippen LogP contribution < -0.4 is 4.74 Å². The van der Waals surface area contributed by atoms with Gasteiger partial charge >= 0.3 is 6.36 Å². The third-order valence-electron chi connectivity index (χ3n) is 3.62. The van der Waals surface area contributed by atoms with Gasteiger partial charge in [0.15, 0.2) is 4.34 Å². The molecular formula is C18H15F3N2O2S2. The molecule has 1 aromatic heterocycles. The molecule has 0 fully saturated rings. The molecule has 142 valence electrons. The van der Waals surface area contributed by atoms with Gasteiger partial charge in [0.05, 0.1) is 16.0 Å². The summed E-state index contributed by atoms with van der Waals surface area (Å²) in [5.41, 5.74) is 1.17. The third kappa shape index (κ3) is 5.36. The summed E-state index contributed by atoms with van der Waals surface area (Å²) in [7, 11) is 1.55. The Morgan fingerprint density at radius 3 is 2.63 bits per heavy atom. The number of carbonyl (C=O) groups excluding carboxylic acids is 1. The summed E-state index contributed by atoms with van der Waals surface area (Å²) < 4.78 is 43.3. The lowest BCUT2D eigenvalue weighted by Crippen LogP contribution is -2.28. The van der Waals surface area contributed by atoms with Crippen LogP contribution in [0.4, 0.5) is 13.2 Å². The van der Waals surface area contributed by atoms with Gasteiger partial charge in [-0.1, -0.05) is 42.1 Å². The molecule has 1 heterocycles. The summed E-state index contributed by atoms with van der Waals surface area (Å²) in [4.78, 5) is 18.2. The second-order valence-electron chi connectivity index (χ2n) is 5.64. The minimum Gasteiger partial charge on any atom is -0.405 e. The van der Waals surface area contributed by atoms with Crippen molar-refractivity contribution in [2.24, 2.45) is 0 Å². The smallest absolute Gasteiger partial charge is 0.405 e. The maximum absolute atomic E-state index is 12.5. The van der Waals surface area contributed by atoms with E-state index in [2.05, 4.69) is 9.72 Å². The minimum absolute atomic E-state index is 0.0193. The van der Waals surface area contributed by atoms with Crippen LogP contribution in [0.3, 0.4) is 0 Å². The fourth-order valence-corrected chi connectivity index (χ4v) is 4.36. The minimum atomic E-state index is -4.78. The molecule has 0 aliphatic rings. The maximum Gasteiger partial charge on any atom is 0.573 e. The van der Waals surface area contributed by atoms with E-state index in [1.54, 1.807) is 13.1 Å². The van der Waals surface area contributed by atoms with Gasteiger partial charge in [-0.05, 0) is 18.2 Å². The van der Waals surface area contributed by atoms with Crippen molar-refractivity contribution in [1.29, 1.82) is 0 Å². The molecule has 2 aromatic carbocycles. The first-order valence-corrected chi connectivity index (χ1v) is 9.68. The van der Waals surface area contributed by atoms with E-state index in [9.17, 15) is 18.0 Å². The highest BCUT2D eigenvalue weighted by molar-refractivity contribution is 8.01. The van der Waals surface area contributed by atoms with Crippen molar-refractivity contribution in [3.05, 3.63) is 54.1 Å². The summed E-state index contributed by atoms with van der Waals surface area (Å²) in [6, 6.07) is 13.5. The molecule has 0 unspecified atom stereocenters. The number of aromatic nitrogens is 1. The number of hydrogen-bond donors (Lipinski definition) is 0. The molecule has 3 aromatic rings. The first-order valence-electron chi connectivity index (χ1n) is 7.88. The Hall–Kier alpha value is -2.26. The van der Waals surface area contributed by atoms with Crippen LogP contribution in [0.5, 0.6) is 5.75 Å². The standard InChI is InChI=1S/C18H15F3N2O2S2/c1-23(10-12-6-2-4-8-14(12)25-18(19,20)21)16(24)11-26-17-22-13-7-3-5-9-15(13)27-17/h2-9H,10-11H2,1H3. The number of ether oxygens (including phenoxy) is 1. The lowest BCUT2D eigenvalue weighted by Gasteiger charge is -2.19. The molecule has 0 aliphatic carbocycles. The number of carbonyl (C=O) groups is 1. The molecule has 0 atom stereocenters. The van der Waals surface area contributed by atoms with Crippen LogP contribution in [0.2, 0.25) is 0 Å². The number of hydrogen-bond acceptors (Lipinski definition) is 5. The maximum atomic E-state index is 12.5. The van der Waals surface area contributed by atoms with Crippen LogP contribution in [0, 0.1) is 0 Å². The van der Waals surface area contributed by atoms with Gasteiger partial charge in [0.1, 0.15) is 5.75 Å². The van der Waals surface area contributed by atoms with Crippen molar-refractivity contribution in [3.8, 4) is 5.75 Å². The van der Waals surface area contributed by atoms with Gasteiger partial charge in [-0.25, -0.2) is 4.98 Å². The summed E-state index contributed by atoms with van der Waals surface area (Å²) in [6.07, 6.45) is -4.78. The highest BCUT2D eigenvalue weighted by atomic mass is 32.2. The molecule has 0 saturated heterocycles. The van der Waals surface area contributed by atoms with E-state index in [0.717, 1.165) is 14.6 Å². The Morgan fingerprint density at radius 1 is 1.19 bits per heavy atom. The van der Waals surface area contributed by atoms with E-state index in [1.807, 2.05) is 24.3 Å². The Morgan fingerprint density at radius 2 is 1.89 bits per heavy atom. The normalized spacial score (nSPS) is 11.6. The highest BCUT2D eigenvalue weighted by Gasteiger charge is 2.32. The number of thioether (sulfide) groups is 1. The molecule has 3 rings (SSSR count). The van der Waals surface area contributed by atoms with E-state index in [-0.39, 0.29) is 29.5 Å².